The van der Waals surface area contributed by atoms with Crippen molar-refractivity contribution in [3.8, 4) is 6.07 Å². The number of nitriles is 1. The number of methoxy groups -OCH3 is 1. The van der Waals surface area contributed by atoms with Crippen LogP contribution in [0.15, 0.2) is 67.0 Å². The number of likely N-dealkylation sites (tertiary alicyclic amines) is 1. The minimum atomic E-state index is 0.106. The van der Waals surface area contributed by atoms with E-state index in [1.165, 1.54) is 18.9 Å². The van der Waals surface area contributed by atoms with Crippen molar-refractivity contribution in [1.29, 1.82) is 5.26 Å². The van der Waals surface area contributed by atoms with Crippen LogP contribution in [0.2, 0.25) is 0 Å². The number of aryl methyl sites for hydroxylation is 1. The van der Waals surface area contributed by atoms with Crippen molar-refractivity contribution >= 4 is 17.9 Å². The summed E-state index contributed by atoms with van der Waals surface area (Å²) in [5, 5.41) is 12.0. The lowest BCUT2D eigenvalue weighted by Gasteiger charge is -2.32. The van der Waals surface area contributed by atoms with Crippen LogP contribution >= 0.6 is 0 Å². The van der Waals surface area contributed by atoms with Gasteiger partial charge in [0, 0.05) is 37.8 Å². The highest BCUT2D eigenvalue weighted by Crippen LogP contribution is 2.29. The fraction of sp³-hybridized carbons (Fsp3) is 0.457. The predicted molar refractivity (Wildman–Crippen MR) is 172 cm³/mol. The van der Waals surface area contributed by atoms with Crippen LogP contribution in [0, 0.1) is 18.3 Å². The number of carbonyl (C=O) groups excluding carboxylic acids is 2. The molecule has 41 heavy (non-hydrogen) atoms. The van der Waals surface area contributed by atoms with E-state index in [1.807, 2.05) is 67.4 Å². The molecule has 1 fully saturated rings. The van der Waals surface area contributed by atoms with E-state index >= 15 is 0 Å². The number of piperidine rings is 1. The molecule has 6 heteroatoms. The highest BCUT2D eigenvalue weighted by Gasteiger charge is 2.24. The van der Waals surface area contributed by atoms with Crippen LogP contribution in [-0.4, -0.2) is 44.3 Å². The Morgan fingerprint density at radius 2 is 1.71 bits per heavy atom. The van der Waals surface area contributed by atoms with Gasteiger partial charge < -0.3 is 19.7 Å². The van der Waals surface area contributed by atoms with Crippen molar-refractivity contribution in [1.82, 2.24) is 4.90 Å². The minimum Gasteiger partial charge on any atom is -0.501 e. The van der Waals surface area contributed by atoms with Crippen LogP contribution in [-0.2, 0) is 9.53 Å². The van der Waals surface area contributed by atoms with Crippen molar-refractivity contribution in [2.75, 3.05) is 32.6 Å². The Bertz CT molecular complexity index is 1090. The number of benzene rings is 2. The van der Waals surface area contributed by atoms with Gasteiger partial charge >= 0.3 is 0 Å². The highest BCUT2D eigenvalue weighted by atomic mass is 16.5. The molecule has 6 nitrogen and oxygen atoms in total. The van der Waals surface area contributed by atoms with E-state index in [9.17, 15) is 4.79 Å². The van der Waals surface area contributed by atoms with E-state index < -0.39 is 0 Å². The summed E-state index contributed by atoms with van der Waals surface area (Å²) in [6.07, 6.45) is 11.1. The molecule has 224 valence electrons. The molecule has 0 bridgehead atoms. The number of nitrogens with one attached hydrogen (secondary N) is 1. The first-order chi connectivity index (χ1) is 19.8. The number of amides is 1. The summed E-state index contributed by atoms with van der Waals surface area (Å²) in [4.78, 5) is 23.5. The zero-order valence-electron chi connectivity index (χ0n) is 26.3. The third-order valence-electron chi connectivity index (χ3n) is 6.53. The molecule has 1 aliphatic heterocycles. The molecule has 1 aliphatic rings. The van der Waals surface area contributed by atoms with Gasteiger partial charge in [-0.3, -0.25) is 4.79 Å². The molecule has 0 spiro atoms. The van der Waals surface area contributed by atoms with Gasteiger partial charge in [-0.05, 0) is 93.3 Å². The summed E-state index contributed by atoms with van der Waals surface area (Å²) in [6.45, 7) is 14.8. The molecule has 3 rings (SSSR count). The average Bonchev–Trinajstić information content (AvgIpc) is 3.01. The standard InChI is InChI=1S/C21H23N3O.C8H16O.C4H8.C2H4O/c1-15-3-6-19(13-20(15)23-2)21(25)24-11-9-18(10-12-24)17-7-4-16(14-22)5-8-17;1-4-6-8(9-3)7-5-2;1-3-4-2;1-2-3/h3-8,13,18,23H,9-12H2,1-2H3;6H,4-5,7H2,1-3H3;3H,1,4H2,2H3;2H,1H3/b;8-6-;;. The summed E-state index contributed by atoms with van der Waals surface area (Å²) in [5.41, 5.74) is 4.83. The van der Waals surface area contributed by atoms with Gasteiger partial charge in [0.1, 0.15) is 6.29 Å². The lowest BCUT2D eigenvalue weighted by Crippen LogP contribution is -2.37. The Hall–Kier alpha value is -3.85. The number of ether oxygens (including phenoxy) is 1. The molecule has 2 aromatic rings. The summed E-state index contributed by atoms with van der Waals surface area (Å²) >= 11 is 0. The maximum atomic E-state index is 12.8. The maximum Gasteiger partial charge on any atom is 0.253 e. The number of allylic oxidation sites excluding steroid dienone is 3. The quantitative estimate of drug-likeness (QED) is 0.199. The van der Waals surface area contributed by atoms with Gasteiger partial charge in [0.2, 0.25) is 0 Å². The highest BCUT2D eigenvalue weighted by molar-refractivity contribution is 5.95. The molecule has 0 atom stereocenters. The lowest BCUT2D eigenvalue weighted by molar-refractivity contribution is -0.106. The van der Waals surface area contributed by atoms with Gasteiger partial charge in [-0.25, -0.2) is 0 Å². The molecule has 1 saturated heterocycles. The van der Waals surface area contributed by atoms with Crippen LogP contribution in [0.3, 0.4) is 0 Å². The molecular weight excluding hydrogens is 510 g/mol. The number of anilines is 1. The molecule has 1 heterocycles. The molecule has 0 unspecified atom stereocenters. The van der Waals surface area contributed by atoms with Gasteiger partial charge in [0.05, 0.1) is 24.5 Å². The first-order valence-electron chi connectivity index (χ1n) is 14.6. The summed E-state index contributed by atoms with van der Waals surface area (Å²) < 4.78 is 5.09. The Morgan fingerprint density at radius 3 is 2.15 bits per heavy atom. The van der Waals surface area contributed by atoms with E-state index in [0.717, 1.165) is 74.1 Å². The van der Waals surface area contributed by atoms with Crippen LogP contribution in [0.25, 0.3) is 0 Å². The molecule has 2 aromatic carbocycles. The second kappa shape index (κ2) is 22.9. The van der Waals surface area contributed by atoms with E-state index in [-0.39, 0.29) is 5.91 Å². The van der Waals surface area contributed by atoms with Crippen molar-refractivity contribution in [2.24, 2.45) is 0 Å². The van der Waals surface area contributed by atoms with Crippen LogP contribution in [0.5, 0.6) is 0 Å². The van der Waals surface area contributed by atoms with Crippen LogP contribution < -0.4 is 5.32 Å². The van der Waals surface area contributed by atoms with Crippen molar-refractivity contribution in [3.05, 3.63) is 89.2 Å². The summed E-state index contributed by atoms with van der Waals surface area (Å²) in [5.74, 6) is 1.69. The summed E-state index contributed by atoms with van der Waals surface area (Å²) in [7, 11) is 3.61. The van der Waals surface area contributed by atoms with Crippen LogP contribution in [0.1, 0.15) is 99.2 Å². The topological polar surface area (TPSA) is 82.4 Å². The average molecular weight is 562 g/mol. The number of rotatable bonds is 8. The molecule has 0 aromatic heterocycles. The normalized spacial score (nSPS) is 12.5. The zero-order valence-corrected chi connectivity index (χ0v) is 26.3. The second-order valence-corrected chi connectivity index (χ2v) is 9.55. The van der Waals surface area contributed by atoms with Gasteiger partial charge in [-0.15, -0.1) is 6.58 Å². The number of nitrogens with zero attached hydrogens (tertiary/aromatic N) is 2. The van der Waals surface area contributed by atoms with Gasteiger partial charge in [0.25, 0.3) is 5.91 Å². The first-order valence-corrected chi connectivity index (χ1v) is 14.6. The van der Waals surface area contributed by atoms with Crippen LogP contribution in [0.4, 0.5) is 5.69 Å². The third-order valence-corrected chi connectivity index (χ3v) is 6.53. The monoisotopic (exact) mass is 561 g/mol. The second-order valence-electron chi connectivity index (χ2n) is 9.55. The first kappa shape index (κ1) is 37.1. The predicted octanol–water partition coefficient (Wildman–Crippen LogP) is 8.44. The minimum absolute atomic E-state index is 0.106. The van der Waals surface area contributed by atoms with Crippen molar-refractivity contribution in [3.63, 3.8) is 0 Å². The Labute approximate surface area is 249 Å². The summed E-state index contributed by atoms with van der Waals surface area (Å²) in [6, 6.07) is 15.8. The van der Waals surface area contributed by atoms with E-state index in [2.05, 4.69) is 44.8 Å². The van der Waals surface area contributed by atoms with Crippen molar-refractivity contribution < 1.29 is 14.3 Å². The Kier molecular flexibility index (Phi) is 20.8. The third kappa shape index (κ3) is 14.4. The largest absolute Gasteiger partial charge is 0.501 e. The number of aldehydes is 1. The smallest absolute Gasteiger partial charge is 0.253 e. The molecule has 0 aliphatic carbocycles. The fourth-order valence-electron chi connectivity index (χ4n) is 4.21. The molecular formula is C35H51N3O3. The molecule has 0 radical (unpaired) electrons. The lowest BCUT2D eigenvalue weighted by atomic mass is 9.89. The van der Waals surface area contributed by atoms with Gasteiger partial charge in [-0.2, -0.15) is 5.26 Å². The van der Waals surface area contributed by atoms with Gasteiger partial charge in [-0.1, -0.05) is 45.0 Å². The number of carbonyl (C=O) groups is 2. The SMILES string of the molecule is C=CCC.CC/C=C(/CCC)OC.CC=O.CNc1cc(C(=O)N2CCC(c3ccc(C#N)cc3)CC2)ccc1C. The van der Waals surface area contributed by atoms with E-state index in [1.54, 1.807) is 7.11 Å². The van der Waals surface area contributed by atoms with Gasteiger partial charge in [0.15, 0.2) is 0 Å². The number of hydrogen-bond donors (Lipinski definition) is 1. The van der Waals surface area contributed by atoms with Crippen molar-refractivity contribution in [2.45, 2.75) is 79.1 Å². The molecule has 1 amide bonds. The van der Waals surface area contributed by atoms with E-state index in [4.69, 9.17) is 14.8 Å². The molecule has 0 saturated carbocycles. The molecule has 1 N–H and O–H groups in total. The Morgan fingerprint density at radius 1 is 1.12 bits per heavy atom. The van der Waals surface area contributed by atoms with E-state index in [0.29, 0.717) is 11.5 Å². The fourth-order valence-corrected chi connectivity index (χ4v) is 4.21. The number of hydrogen-bond acceptors (Lipinski definition) is 5. The maximum absolute atomic E-state index is 12.8. The zero-order chi connectivity index (χ0) is 31.0. The Balaban J connectivity index is 0.000000828.